The van der Waals surface area contributed by atoms with Gasteiger partial charge in [-0.15, -0.1) is 10.2 Å². The first-order valence-corrected chi connectivity index (χ1v) is 7.53. The number of hydrogen-bond donors (Lipinski definition) is 2. The molecule has 2 aromatic rings. The van der Waals surface area contributed by atoms with E-state index in [9.17, 15) is 9.59 Å². The van der Waals surface area contributed by atoms with Crippen LogP contribution in [0.3, 0.4) is 0 Å². The Morgan fingerprint density at radius 2 is 2.10 bits per heavy atom. The van der Waals surface area contributed by atoms with Crippen LogP contribution < -0.4 is 10.9 Å². The third kappa shape index (κ3) is 4.16. The van der Waals surface area contributed by atoms with Gasteiger partial charge in [0.2, 0.25) is 5.91 Å². The van der Waals surface area contributed by atoms with Crippen LogP contribution in [0.5, 0.6) is 0 Å². The molecule has 1 heterocycles. The van der Waals surface area contributed by atoms with Gasteiger partial charge in [0.1, 0.15) is 5.69 Å². The highest BCUT2D eigenvalue weighted by Crippen LogP contribution is 2.16. The van der Waals surface area contributed by atoms with E-state index in [4.69, 9.17) is 0 Å². The molecule has 0 saturated heterocycles. The summed E-state index contributed by atoms with van der Waals surface area (Å²) in [5.74, 6) is 0.00950. The molecule has 0 aliphatic carbocycles. The Bertz CT molecular complexity index is 699. The topological polar surface area (TPSA) is 87.7 Å². The van der Waals surface area contributed by atoms with Crippen LogP contribution in [0.25, 0.3) is 0 Å². The van der Waals surface area contributed by atoms with Gasteiger partial charge < -0.3 is 5.32 Å². The Morgan fingerprint density at radius 3 is 2.81 bits per heavy atom. The molecular formula is C14H16N4O2S. The number of aromatic amines is 1. The highest BCUT2D eigenvalue weighted by molar-refractivity contribution is 7.99. The van der Waals surface area contributed by atoms with Crippen LogP contribution in [-0.4, -0.2) is 26.8 Å². The fourth-order valence-corrected chi connectivity index (χ4v) is 2.32. The van der Waals surface area contributed by atoms with Gasteiger partial charge in [-0.25, -0.2) is 0 Å². The molecule has 0 spiro atoms. The van der Waals surface area contributed by atoms with Gasteiger partial charge in [-0.05, 0) is 25.0 Å². The normalized spacial score (nSPS) is 10.4. The maximum atomic E-state index is 11.9. The molecule has 0 atom stereocenters. The SMILES string of the molecule is CCc1ccccc1NC(=O)CSc1nnc(C)c(=O)[nH]1. The number of benzene rings is 1. The van der Waals surface area contributed by atoms with Crippen LogP contribution in [0.1, 0.15) is 18.2 Å². The lowest BCUT2D eigenvalue weighted by Crippen LogP contribution is -2.17. The third-order valence-electron chi connectivity index (χ3n) is 2.85. The summed E-state index contributed by atoms with van der Waals surface area (Å²) in [5.41, 5.74) is 1.92. The first-order valence-electron chi connectivity index (χ1n) is 6.54. The Kier molecular flexibility index (Phi) is 5.10. The van der Waals surface area contributed by atoms with E-state index in [1.807, 2.05) is 31.2 Å². The van der Waals surface area contributed by atoms with Crippen LogP contribution in [0, 0.1) is 6.92 Å². The third-order valence-corrected chi connectivity index (χ3v) is 3.72. The summed E-state index contributed by atoms with van der Waals surface area (Å²) in [7, 11) is 0. The fourth-order valence-electron chi connectivity index (χ4n) is 1.71. The van der Waals surface area contributed by atoms with E-state index < -0.39 is 0 Å². The monoisotopic (exact) mass is 304 g/mol. The van der Waals surface area contributed by atoms with Gasteiger partial charge in [-0.3, -0.25) is 14.6 Å². The Balaban J connectivity index is 1.96. The molecule has 0 aliphatic rings. The summed E-state index contributed by atoms with van der Waals surface area (Å²) in [5, 5.41) is 10.7. The maximum absolute atomic E-state index is 11.9. The van der Waals surface area contributed by atoms with E-state index >= 15 is 0 Å². The van der Waals surface area contributed by atoms with Crippen molar-refractivity contribution in [3.05, 3.63) is 45.9 Å². The van der Waals surface area contributed by atoms with Gasteiger partial charge in [0.25, 0.3) is 5.56 Å². The lowest BCUT2D eigenvalue weighted by Gasteiger charge is -2.09. The Labute approximate surface area is 126 Å². The molecule has 2 N–H and O–H groups in total. The van der Waals surface area contributed by atoms with Crippen molar-refractivity contribution in [3.63, 3.8) is 0 Å². The number of amides is 1. The zero-order valence-electron chi connectivity index (χ0n) is 11.8. The van der Waals surface area contributed by atoms with Crippen molar-refractivity contribution in [2.75, 3.05) is 11.1 Å². The van der Waals surface area contributed by atoms with E-state index in [0.717, 1.165) is 29.4 Å². The highest BCUT2D eigenvalue weighted by atomic mass is 32.2. The molecule has 0 unspecified atom stereocenters. The molecule has 0 aliphatic heterocycles. The van der Waals surface area contributed by atoms with E-state index in [-0.39, 0.29) is 17.2 Å². The summed E-state index contributed by atoms with van der Waals surface area (Å²) in [6, 6.07) is 7.67. The lowest BCUT2D eigenvalue weighted by molar-refractivity contribution is -0.113. The van der Waals surface area contributed by atoms with Crippen LogP contribution in [0.15, 0.2) is 34.2 Å². The number of para-hydroxylation sites is 1. The zero-order chi connectivity index (χ0) is 15.2. The molecule has 0 bridgehead atoms. The van der Waals surface area contributed by atoms with Gasteiger partial charge in [-0.2, -0.15) is 0 Å². The molecule has 6 nitrogen and oxygen atoms in total. The van der Waals surface area contributed by atoms with Crippen molar-refractivity contribution in [2.45, 2.75) is 25.4 Å². The Hall–Kier alpha value is -2.15. The lowest BCUT2D eigenvalue weighted by atomic mass is 10.1. The van der Waals surface area contributed by atoms with E-state index in [0.29, 0.717) is 10.9 Å². The van der Waals surface area contributed by atoms with Crippen molar-refractivity contribution < 1.29 is 4.79 Å². The minimum atomic E-state index is -0.288. The maximum Gasteiger partial charge on any atom is 0.273 e. The number of hydrogen-bond acceptors (Lipinski definition) is 5. The molecule has 7 heteroatoms. The minimum absolute atomic E-state index is 0.149. The van der Waals surface area contributed by atoms with Gasteiger partial charge >= 0.3 is 0 Å². The molecule has 110 valence electrons. The summed E-state index contributed by atoms with van der Waals surface area (Å²) >= 11 is 1.14. The smallest absolute Gasteiger partial charge is 0.273 e. The number of carbonyl (C=O) groups is 1. The molecule has 1 amide bonds. The van der Waals surface area contributed by atoms with Crippen molar-refractivity contribution >= 4 is 23.4 Å². The van der Waals surface area contributed by atoms with Crippen molar-refractivity contribution in [1.29, 1.82) is 0 Å². The number of carbonyl (C=O) groups excluding carboxylic acids is 1. The molecule has 21 heavy (non-hydrogen) atoms. The zero-order valence-corrected chi connectivity index (χ0v) is 12.7. The second kappa shape index (κ2) is 7.03. The molecule has 0 saturated carbocycles. The number of nitrogens with one attached hydrogen (secondary N) is 2. The predicted octanol–water partition coefficient (Wildman–Crippen LogP) is 1.77. The van der Waals surface area contributed by atoms with Crippen molar-refractivity contribution in [3.8, 4) is 0 Å². The fraction of sp³-hybridized carbons (Fsp3) is 0.286. The van der Waals surface area contributed by atoms with E-state index in [1.54, 1.807) is 6.92 Å². The molecular weight excluding hydrogens is 288 g/mol. The quantitative estimate of drug-likeness (QED) is 0.822. The van der Waals surface area contributed by atoms with Gasteiger partial charge in [0, 0.05) is 5.69 Å². The van der Waals surface area contributed by atoms with E-state index in [1.165, 1.54) is 0 Å². The number of rotatable bonds is 5. The van der Waals surface area contributed by atoms with Gasteiger partial charge in [-0.1, -0.05) is 36.9 Å². The van der Waals surface area contributed by atoms with E-state index in [2.05, 4.69) is 20.5 Å². The first-order chi connectivity index (χ1) is 10.1. The average Bonchev–Trinajstić information content (AvgIpc) is 2.49. The minimum Gasteiger partial charge on any atom is -0.325 e. The molecule has 1 aromatic carbocycles. The number of aromatic nitrogens is 3. The standard InChI is InChI=1S/C14H16N4O2S/c1-3-10-6-4-5-7-11(10)15-12(19)8-21-14-16-13(20)9(2)17-18-14/h4-7H,3,8H2,1-2H3,(H,15,19)(H,16,18,20). The number of aryl methyl sites for hydroxylation is 2. The molecule has 1 aromatic heterocycles. The summed E-state index contributed by atoms with van der Waals surface area (Å²) in [6.07, 6.45) is 0.848. The molecule has 0 fully saturated rings. The number of thioether (sulfide) groups is 1. The summed E-state index contributed by atoms with van der Waals surface area (Å²) < 4.78 is 0. The average molecular weight is 304 g/mol. The highest BCUT2D eigenvalue weighted by Gasteiger charge is 2.08. The van der Waals surface area contributed by atoms with Gasteiger partial charge in [0.15, 0.2) is 5.16 Å². The van der Waals surface area contributed by atoms with Crippen LogP contribution in [0.2, 0.25) is 0 Å². The van der Waals surface area contributed by atoms with Gasteiger partial charge in [0.05, 0.1) is 5.75 Å². The molecule has 2 rings (SSSR count). The number of anilines is 1. The second-order valence-electron chi connectivity index (χ2n) is 4.39. The van der Waals surface area contributed by atoms with Crippen molar-refractivity contribution in [2.24, 2.45) is 0 Å². The van der Waals surface area contributed by atoms with Crippen LogP contribution >= 0.6 is 11.8 Å². The first kappa shape index (κ1) is 15.2. The number of nitrogens with zero attached hydrogens (tertiary/aromatic N) is 2. The van der Waals surface area contributed by atoms with Crippen molar-refractivity contribution in [1.82, 2.24) is 15.2 Å². The van der Waals surface area contributed by atoms with Crippen LogP contribution in [0.4, 0.5) is 5.69 Å². The molecule has 0 radical (unpaired) electrons. The van der Waals surface area contributed by atoms with Crippen LogP contribution in [-0.2, 0) is 11.2 Å². The Morgan fingerprint density at radius 1 is 1.33 bits per heavy atom. The second-order valence-corrected chi connectivity index (χ2v) is 5.36. The summed E-state index contributed by atoms with van der Waals surface area (Å²) in [6.45, 7) is 3.61. The predicted molar refractivity (Wildman–Crippen MR) is 82.6 cm³/mol. The largest absolute Gasteiger partial charge is 0.325 e. The summed E-state index contributed by atoms with van der Waals surface area (Å²) in [4.78, 5) is 25.9. The number of H-pyrrole nitrogens is 1.